The number of nitrogens with zero attached hydrogens (tertiary/aromatic N) is 1. The number of likely N-dealkylation sites (tertiary alicyclic amines) is 1. The van der Waals surface area contributed by atoms with Gasteiger partial charge in [-0.05, 0) is 54.7 Å². The first-order valence-electron chi connectivity index (χ1n) is 10.4. The molecule has 4 unspecified atom stereocenters. The number of rotatable bonds is 7. The molecule has 1 aliphatic rings. The molecule has 0 radical (unpaired) electrons. The lowest BCUT2D eigenvalue weighted by atomic mass is 9.67. The van der Waals surface area contributed by atoms with Crippen LogP contribution in [0.3, 0.4) is 0 Å². The highest BCUT2D eigenvalue weighted by Gasteiger charge is 2.52. The topological polar surface area (TPSA) is 57.6 Å². The summed E-state index contributed by atoms with van der Waals surface area (Å²) in [6.07, 6.45) is 3.05. The first-order valence-corrected chi connectivity index (χ1v) is 11.1. The number of amides is 1. The quantitative estimate of drug-likeness (QED) is 0.480. The van der Waals surface area contributed by atoms with Crippen LogP contribution in [0, 0.1) is 5.41 Å². The van der Waals surface area contributed by atoms with Crippen LogP contribution in [0.5, 0.6) is 0 Å². The van der Waals surface area contributed by atoms with Crippen LogP contribution in [-0.2, 0) is 9.59 Å². The standard InChI is InChI=1S/C25H27Cl2NO3/c1-4-13-25(3)15-20(17-7-6-8-19(27)14-17)22(16-9-11-18(26)12-10-16)28(24(25)31)21(5-2)23(29)30/h4,6-12,14,20-22H,1,5,13,15H2,2-3H3,(H,29,30). The number of piperidine rings is 1. The molecule has 4 nitrogen and oxygen atoms in total. The second-order valence-electron chi connectivity index (χ2n) is 8.39. The Hall–Kier alpha value is -2.30. The lowest BCUT2D eigenvalue weighted by Gasteiger charge is -2.51. The number of carboxylic acid groups (broad SMARTS) is 1. The first-order chi connectivity index (χ1) is 14.7. The van der Waals surface area contributed by atoms with Crippen LogP contribution < -0.4 is 0 Å². The average molecular weight is 460 g/mol. The van der Waals surface area contributed by atoms with Gasteiger partial charge in [0.2, 0.25) is 5.91 Å². The number of benzene rings is 2. The van der Waals surface area contributed by atoms with Crippen LogP contribution in [0.4, 0.5) is 0 Å². The highest BCUT2D eigenvalue weighted by Crippen LogP contribution is 2.52. The number of hydrogen-bond donors (Lipinski definition) is 1. The minimum absolute atomic E-state index is 0.143. The highest BCUT2D eigenvalue weighted by atomic mass is 35.5. The van der Waals surface area contributed by atoms with E-state index in [-0.39, 0.29) is 11.8 Å². The van der Waals surface area contributed by atoms with Gasteiger partial charge in [-0.2, -0.15) is 0 Å². The van der Waals surface area contributed by atoms with Crippen molar-refractivity contribution in [3.8, 4) is 0 Å². The zero-order chi connectivity index (χ0) is 22.8. The van der Waals surface area contributed by atoms with Gasteiger partial charge in [0.05, 0.1) is 11.5 Å². The Morgan fingerprint density at radius 1 is 1.23 bits per heavy atom. The van der Waals surface area contributed by atoms with Crippen molar-refractivity contribution >= 4 is 35.1 Å². The summed E-state index contributed by atoms with van der Waals surface area (Å²) in [6.45, 7) is 7.52. The lowest BCUT2D eigenvalue weighted by molar-refractivity contribution is -0.164. The second kappa shape index (κ2) is 9.46. The zero-order valence-electron chi connectivity index (χ0n) is 17.7. The number of carboxylic acids is 1. The zero-order valence-corrected chi connectivity index (χ0v) is 19.2. The van der Waals surface area contributed by atoms with E-state index < -0.39 is 23.5 Å². The maximum Gasteiger partial charge on any atom is 0.326 e. The molecule has 164 valence electrons. The summed E-state index contributed by atoms with van der Waals surface area (Å²) >= 11 is 12.4. The van der Waals surface area contributed by atoms with E-state index in [9.17, 15) is 14.7 Å². The average Bonchev–Trinajstić information content (AvgIpc) is 2.72. The summed E-state index contributed by atoms with van der Waals surface area (Å²) in [6, 6.07) is 13.5. The predicted octanol–water partition coefficient (Wildman–Crippen LogP) is 6.50. The normalized spacial score (nSPS) is 24.6. The molecule has 2 aromatic carbocycles. The molecule has 1 aliphatic heterocycles. The fourth-order valence-corrected chi connectivity index (χ4v) is 5.05. The van der Waals surface area contributed by atoms with Crippen molar-refractivity contribution in [2.24, 2.45) is 5.41 Å². The van der Waals surface area contributed by atoms with Crippen molar-refractivity contribution in [1.29, 1.82) is 0 Å². The van der Waals surface area contributed by atoms with Crippen molar-refractivity contribution in [2.75, 3.05) is 0 Å². The third-order valence-electron chi connectivity index (χ3n) is 6.19. The fraction of sp³-hybridized carbons (Fsp3) is 0.360. The van der Waals surface area contributed by atoms with Gasteiger partial charge in [0.25, 0.3) is 0 Å². The van der Waals surface area contributed by atoms with Crippen molar-refractivity contribution in [1.82, 2.24) is 4.90 Å². The van der Waals surface area contributed by atoms with Crippen LogP contribution in [0.1, 0.15) is 56.2 Å². The molecule has 0 saturated carbocycles. The fourth-order valence-electron chi connectivity index (χ4n) is 4.72. The summed E-state index contributed by atoms with van der Waals surface area (Å²) in [5, 5.41) is 11.2. The van der Waals surface area contributed by atoms with Crippen LogP contribution in [0.25, 0.3) is 0 Å². The van der Waals surface area contributed by atoms with Crippen molar-refractivity contribution in [3.05, 3.63) is 82.4 Å². The molecule has 1 heterocycles. The van der Waals surface area contributed by atoms with E-state index in [2.05, 4.69) is 6.58 Å². The number of halogens is 2. The molecule has 0 bridgehead atoms. The van der Waals surface area contributed by atoms with E-state index in [0.29, 0.717) is 29.3 Å². The molecule has 1 amide bonds. The van der Waals surface area contributed by atoms with Crippen LogP contribution >= 0.6 is 23.2 Å². The molecule has 1 saturated heterocycles. The van der Waals surface area contributed by atoms with Crippen molar-refractivity contribution < 1.29 is 14.7 Å². The van der Waals surface area contributed by atoms with Crippen LogP contribution in [-0.4, -0.2) is 27.9 Å². The molecule has 1 N–H and O–H groups in total. The smallest absolute Gasteiger partial charge is 0.326 e. The molecule has 4 atom stereocenters. The Morgan fingerprint density at radius 2 is 1.90 bits per heavy atom. The molecule has 0 aromatic heterocycles. The Labute approximate surface area is 193 Å². The number of carbonyl (C=O) groups excluding carboxylic acids is 1. The number of allylic oxidation sites excluding steroid dienone is 1. The van der Waals surface area contributed by atoms with Gasteiger partial charge in [0.15, 0.2) is 0 Å². The van der Waals surface area contributed by atoms with Gasteiger partial charge in [-0.1, -0.05) is 67.4 Å². The van der Waals surface area contributed by atoms with Gasteiger partial charge in [0, 0.05) is 16.0 Å². The Kier molecular flexibility index (Phi) is 7.13. The van der Waals surface area contributed by atoms with E-state index >= 15 is 0 Å². The molecule has 0 aliphatic carbocycles. The highest BCUT2D eigenvalue weighted by molar-refractivity contribution is 6.30. The Bertz CT molecular complexity index is 975. The number of carbonyl (C=O) groups is 2. The summed E-state index contributed by atoms with van der Waals surface area (Å²) in [5.41, 5.74) is 1.06. The van der Waals surface area contributed by atoms with E-state index in [0.717, 1.165) is 11.1 Å². The van der Waals surface area contributed by atoms with Gasteiger partial charge in [-0.15, -0.1) is 6.58 Å². The first kappa shape index (κ1) is 23.4. The van der Waals surface area contributed by atoms with E-state index in [4.69, 9.17) is 23.2 Å². The van der Waals surface area contributed by atoms with Crippen LogP contribution in [0.15, 0.2) is 61.2 Å². The molecule has 2 aromatic rings. The maximum atomic E-state index is 13.8. The summed E-state index contributed by atoms with van der Waals surface area (Å²) in [4.78, 5) is 27.6. The summed E-state index contributed by atoms with van der Waals surface area (Å²) in [7, 11) is 0. The number of hydrogen-bond acceptors (Lipinski definition) is 2. The van der Waals surface area contributed by atoms with Gasteiger partial charge in [-0.3, -0.25) is 4.79 Å². The molecule has 3 rings (SSSR count). The monoisotopic (exact) mass is 459 g/mol. The predicted molar refractivity (Wildman–Crippen MR) is 124 cm³/mol. The SMILES string of the molecule is C=CCC1(C)CC(c2cccc(Cl)c2)C(c2ccc(Cl)cc2)N(C(CC)C(=O)O)C1=O. The second-order valence-corrected chi connectivity index (χ2v) is 9.26. The third kappa shape index (κ3) is 4.65. The van der Waals surface area contributed by atoms with E-state index in [1.165, 1.54) is 0 Å². The summed E-state index contributed by atoms with van der Waals surface area (Å²) in [5.74, 6) is -1.32. The molecule has 0 spiro atoms. The number of aliphatic carboxylic acids is 1. The van der Waals surface area contributed by atoms with Gasteiger partial charge in [0.1, 0.15) is 6.04 Å². The summed E-state index contributed by atoms with van der Waals surface area (Å²) < 4.78 is 0. The maximum absolute atomic E-state index is 13.8. The Balaban J connectivity index is 2.25. The minimum Gasteiger partial charge on any atom is -0.480 e. The van der Waals surface area contributed by atoms with Crippen molar-refractivity contribution in [2.45, 2.75) is 51.1 Å². The Morgan fingerprint density at radius 3 is 2.45 bits per heavy atom. The third-order valence-corrected chi connectivity index (χ3v) is 6.68. The largest absolute Gasteiger partial charge is 0.480 e. The molecular weight excluding hydrogens is 433 g/mol. The van der Waals surface area contributed by atoms with Gasteiger partial charge < -0.3 is 10.0 Å². The molecule has 1 fully saturated rings. The molecule has 31 heavy (non-hydrogen) atoms. The molecular formula is C25H27Cl2NO3. The van der Waals surface area contributed by atoms with Gasteiger partial charge >= 0.3 is 5.97 Å². The van der Waals surface area contributed by atoms with E-state index in [1.54, 1.807) is 30.0 Å². The van der Waals surface area contributed by atoms with Crippen molar-refractivity contribution in [3.63, 3.8) is 0 Å². The van der Waals surface area contributed by atoms with Gasteiger partial charge in [-0.25, -0.2) is 4.79 Å². The lowest BCUT2D eigenvalue weighted by Crippen LogP contribution is -2.57. The van der Waals surface area contributed by atoms with E-state index in [1.807, 2.05) is 43.3 Å². The minimum atomic E-state index is -1.01. The van der Waals surface area contributed by atoms with Crippen LogP contribution in [0.2, 0.25) is 10.0 Å². The molecule has 6 heteroatoms.